The molecule has 2 rings (SSSR count). The number of methoxy groups -OCH3 is 1. The van der Waals surface area contributed by atoms with Gasteiger partial charge < -0.3 is 20.5 Å². The van der Waals surface area contributed by atoms with E-state index >= 15 is 0 Å². The number of nitrogens with zero attached hydrogens (tertiary/aromatic N) is 1. The van der Waals surface area contributed by atoms with Crippen LogP contribution < -0.4 is 20.5 Å². The van der Waals surface area contributed by atoms with Gasteiger partial charge in [0.15, 0.2) is 6.61 Å². The maximum Gasteiger partial charge on any atom is 0.311 e. The van der Waals surface area contributed by atoms with Gasteiger partial charge in [0, 0.05) is 18.7 Å². The van der Waals surface area contributed by atoms with Crippen molar-refractivity contribution < 1.29 is 19.2 Å². The Bertz CT molecular complexity index is 603. The van der Waals surface area contributed by atoms with Gasteiger partial charge >= 0.3 is 5.69 Å². The summed E-state index contributed by atoms with van der Waals surface area (Å²) in [7, 11) is 1.33. The summed E-state index contributed by atoms with van der Waals surface area (Å²) in [5, 5.41) is 13.7. The van der Waals surface area contributed by atoms with Gasteiger partial charge in [-0.3, -0.25) is 14.9 Å². The van der Waals surface area contributed by atoms with E-state index < -0.39 is 10.5 Å². The molecule has 8 heteroatoms. The van der Waals surface area contributed by atoms with Gasteiger partial charge in [-0.2, -0.15) is 0 Å². The van der Waals surface area contributed by atoms with Crippen LogP contribution in [0.2, 0.25) is 0 Å². The minimum absolute atomic E-state index is 0.0812. The zero-order valence-corrected chi connectivity index (χ0v) is 13.2. The Kier molecular flexibility index (Phi) is 5.05. The molecule has 126 valence electrons. The van der Waals surface area contributed by atoms with E-state index in [1.165, 1.54) is 25.3 Å². The molecule has 1 aromatic carbocycles. The second-order valence-electron chi connectivity index (χ2n) is 5.82. The lowest BCUT2D eigenvalue weighted by atomic mass is 9.96. The largest absolute Gasteiger partial charge is 0.490 e. The van der Waals surface area contributed by atoms with Gasteiger partial charge in [-0.15, -0.1) is 0 Å². The van der Waals surface area contributed by atoms with Crippen LogP contribution in [0, 0.1) is 16.0 Å². The highest BCUT2D eigenvalue weighted by atomic mass is 16.6. The van der Waals surface area contributed by atoms with Crippen LogP contribution in [0.3, 0.4) is 0 Å². The molecular formula is C15H21N3O5. The minimum Gasteiger partial charge on any atom is -0.490 e. The van der Waals surface area contributed by atoms with Crippen molar-refractivity contribution in [3.63, 3.8) is 0 Å². The molecule has 1 atom stereocenters. The Hall–Kier alpha value is -2.35. The van der Waals surface area contributed by atoms with Gasteiger partial charge in [0.25, 0.3) is 5.91 Å². The van der Waals surface area contributed by atoms with Gasteiger partial charge in [0.05, 0.1) is 17.6 Å². The van der Waals surface area contributed by atoms with E-state index in [9.17, 15) is 14.9 Å². The molecule has 0 bridgehead atoms. The van der Waals surface area contributed by atoms with E-state index in [-0.39, 0.29) is 24.0 Å². The summed E-state index contributed by atoms with van der Waals surface area (Å²) in [6.07, 6.45) is 2.13. The molecule has 3 N–H and O–H groups in total. The number of nitro benzene ring substituents is 1. The Balaban J connectivity index is 1.95. The number of carbonyl (C=O) groups excluding carboxylic acids is 1. The molecule has 0 radical (unpaired) electrons. The molecule has 1 aliphatic rings. The van der Waals surface area contributed by atoms with Crippen molar-refractivity contribution in [2.45, 2.75) is 25.3 Å². The summed E-state index contributed by atoms with van der Waals surface area (Å²) < 4.78 is 10.3. The van der Waals surface area contributed by atoms with Crippen LogP contribution in [0.25, 0.3) is 0 Å². The van der Waals surface area contributed by atoms with Crippen molar-refractivity contribution in [2.75, 3.05) is 20.3 Å². The Labute approximate surface area is 134 Å². The summed E-state index contributed by atoms with van der Waals surface area (Å²) in [6, 6.07) is 4.09. The lowest BCUT2D eigenvalue weighted by Gasteiger charge is -2.29. The third kappa shape index (κ3) is 4.10. The summed E-state index contributed by atoms with van der Waals surface area (Å²) in [4.78, 5) is 22.3. The third-order valence-electron chi connectivity index (χ3n) is 4.05. The van der Waals surface area contributed by atoms with Gasteiger partial charge in [-0.1, -0.05) is 0 Å². The number of hydrogen-bond donors (Lipinski definition) is 2. The highest BCUT2D eigenvalue weighted by molar-refractivity contribution is 5.78. The second kappa shape index (κ2) is 6.82. The molecule has 0 heterocycles. The molecule has 0 spiro atoms. The fraction of sp³-hybridized carbons (Fsp3) is 0.533. The average molecular weight is 323 g/mol. The summed E-state index contributed by atoms with van der Waals surface area (Å²) >= 11 is 0. The fourth-order valence-electron chi connectivity index (χ4n) is 2.44. The molecule has 1 unspecified atom stereocenters. The number of nitrogens with two attached hydrogens (primary N) is 1. The number of amides is 1. The molecule has 0 aliphatic heterocycles. The number of nitro groups is 1. The Morgan fingerprint density at radius 2 is 2.22 bits per heavy atom. The molecule has 1 fully saturated rings. The zero-order valence-electron chi connectivity index (χ0n) is 13.2. The first-order valence-electron chi connectivity index (χ1n) is 7.36. The molecule has 0 aromatic heterocycles. The molecule has 1 amide bonds. The Morgan fingerprint density at radius 1 is 1.52 bits per heavy atom. The molecule has 0 saturated heterocycles. The van der Waals surface area contributed by atoms with Crippen molar-refractivity contribution in [1.29, 1.82) is 0 Å². The van der Waals surface area contributed by atoms with Gasteiger partial charge in [-0.25, -0.2) is 0 Å². The van der Waals surface area contributed by atoms with Crippen LogP contribution in [-0.4, -0.2) is 36.6 Å². The van der Waals surface area contributed by atoms with E-state index in [4.69, 9.17) is 15.2 Å². The average Bonchev–Trinajstić information content (AvgIpc) is 3.37. The number of carbonyl (C=O) groups is 1. The number of ether oxygens (including phenoxy) is 2. The number of nitrogens with one attached hydrogen (secondary N) is 1. The number of benzene rings is 1. The smallest absolute Gasteiger partial charge is 0.311 e. The van der Waals surface area contributed by atoms with Crippen LogP contribution in [-0.2, 0) is 4.79 Å². The van der Waals surface area contributed by atoms with E-state index in [1.807, 2.05) is 6.92 Å². The second-order valence-corrected chi connectivity index (χ2v) is 5.82. The highest BCUT2D eigenvalue weighted by Gasteiger charge is 2.41. The van der Waals surface area contributed by atoms with Crippen molar-refractivity contribution >= 4 is 11.6 Å². The van der Waals surface area contributed by atoms with Crippen LogP contribution in [0.15, 0.2) is 18.2 Å². The molecule has 1 saturated carbocycles. The monoisotopic (exact) mass is 323 g/mol. The van der Waals surface area contributed by atoms with Crippen molar-refractivity contribution in [1.82, 2.24) is 5.32 Å². The molecule has 23 heavy (non-hydrogen) atoms. The molecule has 8 nitrogen and oxygen atoms in total. The van der Waals surface area contributed by atoms with Crippen molar-refractivity contribution in [2.24, 2.45) is 11.7 Å². The minimum atomic E-state index is -0.544. The zero-order chi connectivity index (χ0) is 17.0. The maximum absolute atomic E-state index is 12.0. The highest BCUT2D eigenvalue weighted by Crippen LogP contribution is 2.39. The van der Waals surface area contributed by atoms with Crippen molar-refractivity contribution in [3.05, 3.63) is 28.3 Å². The van der Waals surface area contributed by atoms with Gasteiger partial charge in [0.1, 0.15) is 5.75 Å². The predicted octanol–water partition coefficient (Wildman–Crippen LogP) is 1.23. The first-order valence-corrected chi connectivity index (χ1v) is 7.36. The molecule has 1 aliphatic carbocycles. The van der Waals surface area contributed by atoms with Crippen molar-refractivity contribution in [3.8, 4) is 11.5 Å². The molecular weight excluding hydrogens is 302 g/mol. The van der Waals surface area contributed by atoms with Gasteiger partial charge in [0.2, 0.25) is 5.75 Å². The normalized spacial score (nSPS) is 16.3. The maximum atomic E-state index is 12.0. The van der Waals surface area contributed by atoms with Crippen LogP contribution in [0.1, 0.15) is 19.8 Å². The molecule has 1 aromatic rings. The SMILES string of the molecule is COc1cc(OCC(=O)NC(C)(CN)C2CC2)ccc1[N+](=O)[O-]. The quantitative estimate of drug-likeness (QED) is 0.549. The predicted molar refractivity (Wildman–Crippen MR) is 83.5 cm³/mol. The van der Waals surface area contributed by atoms with Crippen LogP contribution in [0.5, 0.6) is 11.5 Å². The lowest BCUT2D eigenvalue weighted by molar-refractivity contribution is -0.385. The topological polar surface area (TPSA) is 117 Å². The van der Waals surface area contributed by atoms with E-state index in [1.54, 1.807) is 0 Å². The van der Waals surface area contributed by atoms with E-state index in [0.29, 0.717) is 18.2 Å². The summed E-state index contributed by atoms with van der Waals surface area (Å²) in [5.41, 5.74) is 5.18. The standard InChI is InChI=1S/C15H21N3O5/c1-15(9-16,10-3-4-10)17-14(19)8-23-11-5-6-12(18(20)21)13(7-11)22-2/h5-7,10H,3-4,8-9,16H2,1-2H3,(H,17,19). The summed E-state index contributed by atoms with van der Waals surface area (Å²) in [5.74, 6) is 0.541. The fourth-order valence-corrected chi connectivity index (χ4v) is 2.44. The lowest BCUT2D eigenvalue weighted by Crippen LogP contribution is -2.54. The summed E-state index contributed by atoms with van der Waals surface area (Å²) in [6.45, 7) is 2.11. The number of rotatable bonds is 8. The van der Waals surface area contributed by atoms with E-state index in [0.717, 1.165) is 12.8 Å². The number of hydrogen-bond acceptors (Lipinski definition) is 6. The van der Waals surface area contributed by atoms with Crippen LogP contribution >= 0.6 is 0 Å². The first-order chi connectivity index (χ1) is 10.9. The Morgan fingerprint density at radius 3 is 2.74 bits per heavy atom. The third-order valence-corrected chi connectivity index (χ3v) is 4.05. The van der Waals surface area contributed by atoms with Crippen LogP contribution in [0.4, 0.5) is 5.69 Å². The first kappa shape index (κ1) is 17.0. The van der Waals surface area contributed by atoms with Gasteiger partial charge in [-0.05, 0) is 31.7 Å². The van der Waals surface area contributed by atoms with E-state index in [2.05, 4.69) is 5.32 Å².